The van der Waals surface area contributed by atoms with Crippen LogP contribution in [0, 0.1) is 0 Å². The van der Waals surface area contributed by atoms with E-state index in [0.29, 0.717) is 5.75 Å². The third-order valence-electron chi connectivity index (χ3n) is 3.08. The van der Waals surface area contributed by atoms with E-state index in [9.17, 15) is 10.2 Å². The van der Waals surface area contributed by atoms with Crippen molar-refractivity contribution in [2.45, 2.75) is 24.9 Å². The SMILES string of the molecule is OC1C[C@@H](O)CO[C@H]1Oc1c[nH]c2ccccc12. The summed E-state index contributed by atoms with van der Waals surface area (Å²) < 4.78 is 10.9. The number of rotatable bonds is 2. The van der Waals surface area contributed by atoms with Crippen LogP contribution in [0.1, 0.15) is 6.42 Å². The Balaban J connectivity index is 1.80. The van der Waals surface area contributed by atoms with Gasteiger partial charge in [-0.05, 0) is 12.1 Å². The van der Waals surface area contributed by atoms with Gasteiger partial charge in [0.1, 0.15) is 11.9 Å². The molecule has 2 heterocycles. The fraction of sp³-hybridized carbons (Fsp3) is 0.385. The molecule has 1 unspecified atom stereocenters. The molecule has 3 rings (SSSR count). The summed E-state index contributed by atoms with van der Waals surface area (Å²) in [6.07, 6.45) is -0.156. The summed E-state index contributed by atoms with van der Waals surface area (Å²) in [6, 6.07) is 7.74. The van der Waals surface area contributed by atoms with Crippen molar-refractivity contribution < 1.29 is 19.7 Å². The van der Waals surface area contributed by atoms with Gasteiger partial charge in [0.25, 0.3) is 0 Å². The number of aromatic amines is 1. The van der Waals surface area contributed by atoms with Gasteiger partial charge < -0.3 is 24.7 Å². The van der Waals surface area contributed by atoms with Crippen LogP contribution in [0.2, 0.25) is 0 Å². The summed E-state index contributed by atoms with van der Waals surface area (Å²) in [5.74, 6) is 0.644. The maximum Gasteiger partial charge on any atom is 0.226 e. The summed E-state index contributed by atoms with van der Waals surface area (Å²) in [7, 11) is 0. The number of aliphatic hydroxyl groups excluding tert-OH is 2. The quantitative estimate of drug-likeness (QED) is 0.742. The Hall–Kier alpha value is -1.56. The Morgan fingerprint density at radius 2 is 2.11 bits per heavy atom. The molecular formula is C13H15NO4. The number of ether oxygens (including phenoxy) is 2. The maximum absolute atomic E-state index is 9.79. The third kappa shape index (κ3) is 2.08. The van der Waals surface area contributed by atoms with Gasteiger partial charge in [-0.1, -0.05) is 12.1 Å². The van der Waals surface area contributed by atoms with Gasteiger partial charge in [0, 0.05) is 23.5 Å². The van der Waals surface area contributed by atoms with Gasteiger partial charge >= 0.3 is 0 Å². The lowest BCUT2D eigenvalue weighted by molar-refractivity contribution is -0.198. The van der Waals surface area contributed by atoms with Crippen molar-refractivity contribution in [3.63, 3.8) is 0 Å². The number of fused-ring (bicyclic) bond motifs is 1. The van der Waals surface area contributed by atoms with Gasteiger partial charge in [-0.15, -0.1) is 0 Å². The minimum absolute atomic E-state index is 0.185. The Labute approximate surface area is 104 Å². The van der Waals surface area contributed by atoms with E-state index in [1.54, 1.807) is 6.20 Å². The molecule has 1 fully saturated rings. The van der Waals surface area contributed by atoms with Gasteiger partial charge in [0.2, 0.25) is 6.29 Å². The highest BCUT2D eigenvalue weighted by Gasteiger charge is 2.30. The lowest BCUT2D eigenvalue weighted by Gasteiger charge is -2.30. The van der Waals surface area contributed by atoms with Gasteiger partial charge in [-0.2, -0.15) is 0 Å². The number of aromatic nitrogens is 1. The van der Waals surface area contributed by atoms with Crippen LogP contribution in [0.4, 0.5) is 0 Å². The standard InChI is InChI=1S/C13H15NO4/c15-8-5-11(16)13(17-7-8)18-12-6-14-10-4-2-1-3-9(10)12/h1-4,6,8,11,13-16H,5,7H2/t8-,11?,13+/m1/s1. The van der Waals surface area contributed by atoms with Crippen LogP contribution in [0.15, 0.2) is 30.5 Å². The van der Waals surface area contributed by atoms with E-state index in [1.165, 1.54) is 0 Å². The molecule has 18 heavy (non-hydrogen) atoms. The number of benzene rings is 1. The van der Waals surface area contributed by atoms with E-state index >= 15 is 0 Å². The molecule has 1 saturated heterocycles. The van der Waals surface area contributed by atoms with Crippen LogP contribution in [-0.2, 0) is 4.74 Å². The summed E-state index contributed by atoms with van der Waals surface area (Å²) in [4.78, 5) is 3.09. The number of H-pyrrole nitrogens is 1. The highest BCUT2D eigenvalue weighted by atomic mass is 16.7. The van der Waals surface area contributed by atoms with Crippen LogP contribution in [0.5, 0.6) is 5.75 Å². The topological polar surface area (TPSA) is 74.7 Å². The summed E-state index contributed by atoms with van der Waals surface area (Å²) in [5.41, 5.74) is 0.970. The molecule has 1 aliphatic rings. The minimum Gasteiger partial charge on any atom is -0.460 e. The molecular weight excluding hydrogens is 234 g/mol. The van der Waals surface area contributed by atoms with Gasteiger partial charge in [-0.25, -0.2) is 0 Å². The molecule has 0 bridgehead atoms. The number of hydrogen-bond donors (Lipinski definition) is 3. The van der Waals surface area contributed by atoms with Crippen molar-refractivity contribution >= 4 is 10.9 Å². The van der Waals surface area contributed by atoms with Crippen molar-refractivity contribution in [1.82, 2.24) is 4.98 Å². The average molecular weight is 249 g/mol. The first kappa shape index (κ1) is 11.5. The lowest BCUT2D eigenvalue weighted by Crippen LogP contribution is -2.44. The van der Waals surface area contributed by atoms with Crippen LogP contribution < -0.4 is 4.74 Å². The van der Waals surface area contributed by atoms with Crippen LogP contribution in [0.3, 0.4) is 0 Å². The van der Waals surface area contributed by atoms with Crippen LogP contribution >= 0.6 is 0 Å². The molecule has 0 radical (unpaired) electrons. The number of para-hydroxylation sites is 1. The van der Waals surface area contributed by atoms with Crippen molar-refractivity contribution in [1.29, 1.82) is 0 Å². The highest BCUT2D eigenvalue weighted by Crippen LogP contribution is 2.27. The first-order valence-electron chi connectivity index (χ1n) is 5.94. The zero-order chi connectivity index (χ0) is 12.5. The predicted octanol–water partition coefficient (Wildman–Crippen LogP) is 1.01. The minimum atomic E-state index is -0.817. The molecule has 1 aromatic carbocycles. The first-order valence-corrected chi connectivity index (χ1v) is 5.94. The fourth-order valence-electron chi connectivity index (χ4n) is 2.15. The lowest BCUT2D eigenvalue weighted by atomic mass is 10.1. The smallest absolute Gasteiger partial charge is 0.226 e. The maximum atomic E-state index is 9.79. The normalized spacial score (nSPS) is 28.4. The van der Waals surface area contributed by atoms with E-state index in [2.05, 4.69) is 4.98 Å². The molecule has 0 aliphatic carbocycles. The molecule has 1 aromatic heterocycles. The van der Waals surface area contributed by atoms with Crippen LogP contribution in [0.25, 0.3) is 10.9 Å². The number of aliphatic hydroxyl groups is 2. The van der Waals surface area contributed by atoms with Crippen molar-refractivity contribution in [3.8, 4) is 5.75 Å². The molecule has 5 heteroatoms. The Bertz CT molecular complexity index is 539. The molecule has 5 nitrogen and oxygen atoms in total. The average Bonchev–Trinajstić information content (AvgIpc) is 2.76. The zero-order valence-corrected chi connectivity index (χ0v) is 9.74. The van der Waals surface area contributed by atoms with Crippen molar-refractivity contribution in [3.05, 3.63) is 30.5 Å². The second kappa shape index (κ2) is 4.61. The Kier molecular flexibility index (Phi) is 2.95. The number of hydrogen-bond acceptors (Lipinski definition) is 4. The molecule has 2 aromatic rings. The fourth-order valence-corrected chi connectivity index (χ4v) is 2.15. The molecule has 3 atom stereocenters. The molecule has 96 valence electrons. The van der Waals surface area contributed by atoms with E-state index in [0.717, 1.165) is 10.9 Å². The molecule has 1 aliphatic heterocycles. The van der Waals surface area contributed by atoms with Gasteiger partial charge in [0.15, 0.2) is 0 Å². The Morgan fingerprint density at radius 1 is 1.28 bits per heavy atom. The van der Waals surface area contributed by atoms with E-state index in [-0.39, 0.29) is 13.0 Å². The monoisotopic (exact) mass is 249 g/mol. The van der Waals surface area contributed by atoms with Gasteiger partial charge in [-0.3, -0.25) is 0 Å². The van der Waals surface area contributed by atoms with Gasteiger partial charge in [0.05, 0.1) is 12.7 Å². The zero-order valence-electron chi connectivity index (χ0n) is 9.74. The first-order chi connectivity index (χ1) is 8.74. The summed E-state index contributed by atoms with van der Waals surface area (Å²) in [6.45, 7) is 0.185. The summed E-state index contributed by atoms with van der Waals surface area (Å²) in [5, 5.41) is 20.1. The highest BCUT2D eigenvalue weighted by molar-refractivity contribution is 5.85. The van der Waals surface area contributed by atoms with E-state index in [1.807, 2.05) is 24.3 Å². The van der Waals surface area contributed by atoms with E-state index < -0.39 is 18.5 Å². The second-order valence-electron chi connectivity index (χ2n) is 4.47. The summed E-state index contributed by atoms with van der Waals surface area (Å²) >= 11 is 0. The largest absolute Gasteiger partial charge is 0.460 e. The van der Waals surface area contributed by atoms with Crippen molar-refractivity contribution in [2.75, 3.05) is 6.61 Å². The molecule has 3 N–H and O–H groups in total. The van der Waals surface area contributed by atoms with Crippen molar-refractivity contribution in [2.24, 2.45) is 0 Å². The molecule has 0 amide bonds. The molecule has 0 saturated carbocycles. The second-order valence-corrected chi connectivity index (χ2v) is 4.47. The molecule has 0 spiro atoms. The van der Waals surface area contributed by atoms with E-state index in [4.69, 9.17) is 9.47 Å². The third-order valence-corrected chi connectivity index (χ3v) is 3.08. The number of nitrogens with one attached hydrogen (secondary N) is 1. The Morgan fingerprint density at radius 3 is 2.94 bits per heavy atom. The predicted molar refractivity (Wildman–Crippen MR) is 65.3 cm³/mol. The van der Waals surface area contributed by atoms with Crippen LogP contribution in [-0.4, -0.2) is 40.3 Å².